The van der Waals surface area contributed by atoms with Crippen molar-refractivity contribution in [2.24, 2.45) is 11.8 Å². The minimum absolute atomic E-state index is 0.0430. The van der Waals surface area contributed by atoms with E-state index in [1.165, 1.54) is 12.8 Å². The number of carbonyl (C=O) groups is 1. The van der Waals surface area contributed by atoms with E-state index in [1.807, 2.05) is 13.0 Å². The van der Waals surface area contributed by atoms with Crippen LogP contribution in [0.1, 0.15) is 57.9 Å². The summed E-state index contributed by atoms with van der Waals surface area (Å²) in [7, 11) is 0. The van der Waals surface area contributed by atoms with Crippen molar-refractivity contribution in [1.29, 1.82) is 5.26 Å². The zero-order chi connectivity index (χ0) is 18.2. The number of hydrogen-bond acceptors (Lipinski definition) is 4. The van der Waals surface area contributed by atoms with Crippen LogP contribution in [0.15, 0.2) is 12.1 Å². The van der Waals surface area contributed by atoms with E-state index in [9.17, 15) is 10.1 Å². The summed E-state index contributed by atoms with van der Waals surface area (Å²) >= 11 is 0. The van der Waals surface area contributed by atoms with E-state index < -0.39 is 0 Å². The third kappa shape index (κ3) is 4.51. The number of esters is 1. The van der Waals surface area contributed by atoms with E-state index >= 15 is 0 Å². The lowest BCUT2D eigenvalue weighted by atomic mass is 9.80. The van der Waals surface area contributed by atoms with Crippen LogP contribution in [0.5, 0.6) is 11.5 Å². The van der Waals surface area contributed by atoms with Crippen LogP contribution in [0.3, 0.4) is 0 Å². The summed E-state index contributed by atoms with van der Waals surface area (Å²) in [6.45, 7) is 11.7. The van der Waals surface area contributed by atoms with Crippen molar-refractivity contribution in [2.45, 2.75) is 52.4 Å². The van der Waals surface area contributed by atoms with Gasteiger partial charge in [0.1, 0.15) is 17.1 Å². The van der Waals surface area contributed by atoms with E-state index in [0.717, 1.165) is 25.7 Å². The van der Waals surface area contributed by atoms with Crippen molar-refractivity contribution in [3.8, 4) is 17.6 Å². The molecule has 132 valence electrons. The topological polar surface area (TPSA) is 63.7 Å². The minimum atomic E-state index is -0.298. The normalized spacial score (nSPS) is 19.5. The number of nitriles is 1. The Morgan fingerprint density at radius 2 is 1.96 bits per heavy atom. The molecule has 0 atom stereocenters. The van der Waals surface area contributed by atoms with Crippen LogP contribution in [0.4, 0.5) is 5.69 Å². The molecule has 2 rings (SSSR count). The summed E-state index contributed by atoms with van der Waals surface area (Å²) in [5, 5.41) is 9.33. The molecule has 1 fully saturated rings. The number of ether oxygens (including phenoxy) is 2. The number of benzene rings is 1. The van der Waals surface area contributed by atoms with Crippen LogP contribution in [0.2, 0.25) is 0 Å². The number of rotatable bonds is 6. The van der Waals surface area contributed by atoms with E-state index in [2.05, 4.69) is 11.8 Å². The standard InChI is InChI=1S/C20H24N2O3/c1-4-6-14-7-9-15(10-8-14)20(23)25-18-12-11-17(24-5-2)16(13-21)19(18)22-3/h11-12,14-15H,4-10H2,1-2H3. The highest BCUT2D eigenvalue weighted by atomic mass is 16.5. The van der Waals surface area contributed by atoms with Gasteiger partial charge in [-0.25, -0.2) is 4.85 Å². The van der Waals surface area contributed by atoms with Crippen molar-refractivity contribution in [3.05, 3.63) is 29.1 Å². The van der Waals surface area contributed by atoms with Gasteiger partial charge in [0.25, 0.3) is 0 Å². The lowest BCUT2D eigenvalue weighted by molar-refractivity contribution is -0.140. The molecule has 1 aromatic carbocycles. The first-order valence-electron chi connectivity index (χ1n) is 8.93. The second kappa shape index (κ2) is 9.08. The average molecular weight is 340 g/mol. The Morgan fingerprint density at radius 3 is 2.52 bits per heavy atom. The Balaban J connectivity index is 2.11. The smallest absolute Gasteiger partial charge is 0.313 e. The summed E-state index contributed by atoms with van der Waals surface area (Å²) in [6, 6.07) is 5.11. The number of carbonyl (C=O) groups excluding carboxylic acids is 1. The van der Waals surface area contributed by atoms with Gasteiger partial charge in [0.05, 0.1) is 25.2 Å². The molecule has 0 radical (unpaired) electrons. The van der Waals surface area contributed by atoms with Crippen LogP contribution in [-0.4, -0.2) is 12.6 Å². The molecule has 0 N–H and O–H groups in total. The molecule has 0 saturated heterocycles. The van der Waals surface area contributed by atoms with E-state index in [0.29, 0.717) is 18.3 Å². The molecule has 1 saturated carbocycles. The predicted molar refractivity (Wildman–Crippen MR) is 94.6 cm³/mol. The van der Waals surface area contributed by atoms with Gasteiger partial charge >= 0.3 is 5.97 Å². The molecule has 0 spiro atoms. The largest absolute Gasteiger partial charge is 0.494 e. The van der Waals surface area contributed by atoms with Crippen LogP contribution in [0, 0.1) is 29.7 Å². The highest BCUT2D eigenvalue weighted by molar-refractivity contribution is 5.80. The van der Waals surface area contributed by atoms with Gasteiger partial charge in [0.15, 0.2) is 0 Å². The molecule has 1 aliphatic carbocycles. The summed E-state index contributed by atoms with van der Waals surface area (Å²) in [5.74, 6) is 0.784. The Kier molecular flexibility index (Phi) is 6.83. The lowest BCUT2D eigenvalue weighted by Crippen LogP contribution is -2.25. The third-order valence-corrected chi connectivity index (χ3v) is 4.71. The lowest BCUT2D eigenvalue weighted by Gasteiger charge is -2.27. The molecule has 1 aliphatic rings. The summed E-state index contributed by atoms with van der Waals surface area (Å²) in [6.07, 6.45) is 6.16. The Bertz CT molecular complexity index is 692. The summed E-state index contributed by atoms with van der Waals surface area (Å²) < 4.78 is 10.9. The first-order valence-corrected chi connectivity index (χ1v) is 8.93. The van der Waals surface area contributed by atoms with Crippen LogP contribution >= 0.6 is 0 Å². The molecule has 25 heavy (non-hydrogen) atoms. The first kappa shape index (κ1) is 18.8. The summed E-state index contributed by atoms with van der Waals surface area (Å²) in [4.78, 5) is 15.9. The predicted octanol–water partition coefficient (Wildman–Crippen LogP) is 5.02. The Morgan fingerprint density at radius 1 is 1.28 bits per heavy atom. The molecule has 0 amide bonds. The molecule has 0 heterocycles. The maximum Gasteiger partial charge on any atom is 0.313 e. The molecule has 0 aliphatic heterocycles. The van der Waals surface area contributed by atoms with Gasteiger partial charge in [-0.1, -0.05) is 19.8 Å². The molecule has 5 heteroatoms. The Labute approximate surface area is 149 Å². The molecule has 0 bridgehead atoms. The van der Waals surface area contributed by atoms with Gasteiger partial charge in [-0.15, -0.1) is 0 Å². The highest BCUT2D eigenvalue weighted by Crippen LogP contribution is 2.39. The van der Waals surface area contributed by atoms with Crippen LogP contribution in [0.25, 0.3) is 4.85 Å². The average Bonchev–Trinajstić information content (AvgIpc) is 2.63. The third-order valence-electron chi connectivity index (χ3n) is 4.71. The molecule has 1 aromatic rings. The quantitative estimate of drug-likeness (QED) is 0.414. The second-order valence-electron chi connectivity index (χ2n) is 6.37. The van der Waals surface area contributed by atoms with E-state index in [4.69, 9.17) is 16.0 Å². The van der Waals surface area contributed by atoms with Crippen molar-refractivity contribution >= 4 is 11.7 Å². The number of nitrogens with zero attached hydrogens (tertiary/aromatic N) is 2. The maximum atomic E-state index is 12.5. The van der Waals surface area contributed by atoms with Gasteiger partial charge in [-0.3, -0.25) is 4.79 Å². The van der Waals surface area contributed by atoms with Gasteiger partial charge in [0, 0.05) is 0 Å². The minimum Gasteiger partial charge on any atom is -0.494 e. The van der Waals surface area contributed by atoms with Crippen molar-refractivity contribution in [2.75, 3.05) is 6.61 Å². The SMILES string of the molecule is [C-]#[N+]c1c(OC(=O)C2CCC(CCC)CC2)ccc(OCC)c1C#N. The fraction of sp³-hybridized carbons (Fsp3) is 0.550. The molecule has 0 unspecified atom stereocenters. The monoisotopic (exact) mass is 340 g/mol. The highest BCUT2D eigenvalue weighted by Gasteiger charge is 2.28. The molecule has 5 nitrogen and oxygen atoms in total. The van der Waals surface area contributed by atoms with Crippen LogP contribution in [-0.2, 0) is 4.79 Å². The summed E-state index contributed by atoms with van der Waals surface area (Å²) in [5.41, 5.74) is 0.162. The van der Waals surface area contributed by atoms with Gasteiger partial charge in [-0.05, 0) is 50.7 Å². The van der Waals surface area contributed by atoms with Gasteiger partial charge in [-0.2, -0.15) is 5.26 Å². The van der Waals surface area contributed by atoms with Crippen LogP contribution < -0.4 is 9.47 Å². The van der Waals surface area contributed by atoms with Gasteiger partial charge < -0.3 is 9.47 Å². The van der Waals surface area contributed by atoms with Crippen molar-refractivity contribution in [3.63, 3.8) is 0 Å². The Hall–Kier alpha value is -2.53. The fourth-order valence-corrected chi connectivity index (χ4v) is 3.42. The molecular formula is C20H24N2O3. The molecular weight excluding hydrogens is 316 g/mol. The second-order valence-corrected chi connectivity index (χ2v) is 6.37. The number of hydrogen-bond donors (Lipinski definition) is 0. The van der Waals surface area contributed by atoms with Crippen molar-refractivity contribution < 1.29 is 14.3 Å². The maximum absolute atomic E-state index is 12.5. The van der Waals surface area contributed by atoms with E-state index in [-0.39, 0.29) is 28.9 Å². The zero-order valence-electron chi connectivity index (χ0n) is 14.9. The zero-order valence-corrected chi connectivity index (χ0v) is 14.9. The van der Waals surface area contributed by atoms with Gasteiger partial charge in [0.2, 0.25) is 5.69 Å². The van der Waals surface area contributed by atoms with E-state index in [1.54, 1.807) is 12.1 Å². The fourth-order valence-electron chi connectivity index (χ4n) is 3.42. The first-order chi connectivity index (χ1) is 12.1. The molecule has 0 aromatic heterocycles. The van der Waals surface area contributed by atoms with Crippen molar-refractivity contribution in [1.82, 2.24) is 0 Å².